The van der Waals surface area contributed by atoms with Crippen molar-refractivity contribution in [3.05, 3.63) is 63.1 Å². The molecule has 2 aliphatic rings. The lowest BCUT2D eigenvalue weighted by Gasteiger charge is -2.45. The van der Waals surface area contributed by atoms with Crippen LogP contribution in [0.4, 0.5) is 8.78 Å². The minimum absolute atomic E-state index is 0.0907. The molecule has 6 nitrogen and oxygen atoms in total. The Bertz CT molecular complexity index is 1130. The van der Waals surface area contributed by atoms with Gasteiger partial charge in [0, 0.05) is 36.3 Å². The summed E-state index contributed by atoms with van der Waals surface area (Å²) in [6.07, 6.45) is 5.06. The standard InChI is InChI=1S/C23H24F2N2O4/c1-23-8-4-3-5-14(23)11-27-12-16(19(28)20(31-2)18(27)21(23)29)22(30)26-10-13-6-7-15(24)9-17(13)25/h6-7,9,12,14H,3-5,8,10-11H2,1-2H3,(H,26,30)/t14-,23-/m0/s1. The Labute approximate surface area is 178 Å². The molecule has 0 saturated heterocycles. The van der Waals surface area contributed by atoms with E-state index in [2.05, 4.69) is 5.32 Å². The van der Waals surface area contributed by atoms with Crippen LogP contribution in [0, 0.1) is 23.0 Å². The number of nitrogens with one attached hydrogen (secondary N) is 1. The maximum absolute atomic E-state index is 13.8. The number of rotatable bonds is 4. The number of halogens is 2. The van der Waals surface area contributed by atoms with Gasteiger partial charge in [-0.1, -0.05) is 25.8 Å². The van der Waals surface area contributed by atoms with Crippen molar-refractivity contribution >= 4 is 11.7 Å². The number of nitrogens with zero attached hydrogens (tertiary/aromatic N) is 1. The number of carbonyl (C=O) groups excluding carboxylic acids is 2. The second-order valence-electron chi connectivity index (χ2n) is 8.51. The van der Waals surface area contributed by atoms with Crippen LogP contribution in [0.2, 0.25) is 0 Å². The summed E-state index contributed by atoms with van der Waals surface area (Å²) in [5, 5.41) is 2.49. The fourth-order valence-corrected chi connectivity index (χ4v) is 4.81. The first-order chi connectivity index (χ1) is 14.8. The van der Waals surface area contributed by atoms with Crippen LogP contribution in [0.1, 0.15) is 59.0 Å². The van der Waals surface area contributed by atoms with E-state index in [0.717, 1.165) is 37.8 Å². The molecule has 1 amide bonds. The first-order valence-electron chi connectivity index (χ1n) is 10.3. The number of Topliss-reactive ketones (excluding diaryl/α,β-unsaturated/α-hetero) is 1. The van der Waals surface area contributed by atoms with Crippen molar-refractivity contribution in [3.63, 3.8) is 0 Å². The lowest BCUT2D eigenvalue weighted by molar-refractivity contribution is 0.0454. The van der Waals surface area contributed by atoms with Crippen LogP contribution in [-0.4, -0.2) is 23.4 Å². The Morgan fingerprint density at radius 1 is 1.29 bits per heavy atom. The molecule has 2 heterocycles. The highest BCUT2D eigenvalue weighted by atomic mass is 19.1. The number of aromatic nitrogens is 1. The topological polar surface area (TPSA) is 77.4 Å². The Morgan fingerprint density at radius 3 is 2.77 bits per heavy atom. The van der Waals surface area contributed by atoms with E-state index in [-0.39, 0.29) is 40.8 Å². The predicted octanol–water partition coefficient (Wildman–Crippen LogP) is 3.46. The summed E-state index contributed by atoms with van der Waals surface area (Å²) in [6.45, 7) is 2.25. The first-order valence-corrected chi connectivity index (χ1v) is 10.3. The quantitative estimate of drug-likeness (QED) is 0.806. The zero-order chi connectivity index (χ0) is 22.3. The van der Waals surface area contributed by atoms with E-state index < -0.39 is 28.4 Å². The molecule has 31 heavy (non-hydrogen) atoms. The first kappa shape index (κ1) is 21.2. The number of pyridine rings is 1. The molecule has 1 aliphatic carbocycles. The number of methoxy groups -OCH3 is 1. The number of hydrogen-bond donors (Lipinski definition) is 1. The van der Waals surface area contributed by atoms with Crippen molar-refractivity contribution in [1.29, 1.82) is 0 Å². The molecule has 1 fully saturated rings. The van der Waals surface area contributed by atoms with Gasteiger partial charge >= 0.3 is 0 Å². The average molecular weight is 430 g/mol. The Hall–Kier alpha value is -3.03. The van der Waals surface area contributed by atoms with Crippen molar-refractivity contribution in [2.45, 2.75) is 45.7 Å². The molecule has 2 aromatic rings. The zero-order valence-electron chi connectivity index (χ0n) is 17.5. The van der Waals surface area contributed by atoms with Crippen LogP contribution < -0.4 is 15.5 Å². The maximum Gasteiger partial charge on any atom is 0.257 e. The summed E-state index contributed by atoms with van der Waals surface area (Å²) >= 11 is 0. The molecule has 2 atom stereocenters. The minimum atomic E-state index is -0.790. The summed E-state index contributed by atoms with van der Waals surface area (Å²) in [5.41, 5.74) is -1.11. The third-order valence-electron chi connectivity index (χ3n) is 6.69. The van der Waals surface area contributed by atoms with E-state index >= 15 is 0 Å². The Morgan fingerprint density at radius 2 is 2.06 bits per heavy atom. The maximum atomic E-state index is 13.8. The van der Waals surface area contributed by atoms with Gasteiger partial charge in [-0.25, -0.2) is 8.78 Å². The van der Waals surface area contributed by atoms with E-state index in [9.17, 15) is 23.2 Å². The predicted molar refractivity (Wildman–Crippen MR) is 109 cm³/mol. The highest BCUT2D eigenvalue weighted by Crippen LogP contribution is 2.47. The van der Waals surface area contributed by atoms with Crippen LogP contribution in [-0.2, 0) is 13.1 Å². The van der Waals surface area contributed by atoms with Gasteiger partial charge in [0.25, 0.3) is 5.91 Å². The molecule has 164 valence electrons. The van der Waals surface area contributed by atoms with E-state index in [1.165, 1.54) is 19.4 Å². The highest BCUT2D eigenvalue weighted by molar-refractivity contribution is 6.03. The summed E-state index contributed by atoms with van der Waals surface area (Å²) in [6, 6.07) is 3.05. The van der Waals surface area contributed by atoms with Gasteiger partial charge in [0.2, 0.25) is 5.43 Å². The molecular formula is C23H24F2N2O4. The number of carbonyl (C=O) groups is 2. The van der Waals surface area contributed by atoms with Crippen molar-refractivity contribution in [1.82, 2.24) is 9.88 Å². The van der Waals surface area contributed by atoms with Crippen LogP contribution in [0.15, 0.2) is 29.2 Å². The molecule has 1 N–H and O–H groups in total. The molecule has 0 unspecified atom stereocenters. The number of fused-ring (bicyclic) bond motifs is 2. The van der Waals surface area contributed by atoms with Gasteiger partial charge in [-0.3, -0.25) is 14.4 Å². The van der Waals surface area contributed by atoms with Gasteiger partial charge in [-0.2, -0.15) is 0 Å². The fourth-order valence-electron chi connectivity index (χ4n) is 4.81. The summed E-state index contributed by atoms with van der Waals surface area (Å²) in [7, 11) is 1.30. The lowest BCUT2D eigenvalue weighted by atomic mass is 9.62. The van der Waals surface area contributed by atoms with Crippen LogP contribution in [0.3, 0.4) is 0 Å². The van der Waals surface area contributed by atoms with Crippen molar-refractivity contribution < 1.29 is 23.1 Å². The normalized spacial score (nSPS) is 22.5. The van der Waals surface area contributed by atoms with Gasteiger partial charge < -0.3 is 14.6 Å². The molecule has 0 spiro atoms. The van der Waals surface area contributed by atoms with Crippen molar-refractivity contribution in [3.8, 4) is 5.75 Å². The molecular weight excluding hydrogens is 406 g/mol. The minimum Gasteiger partial charge on any atom is -0.491 e. The monoisotopic (exact) mass is 430 g/mol. The van der Waals surface area contributed by atoms with Gasteiger partial charge in [-0.05, 0) is 24.8 Å². The molecule has 1 aromatic carbocycles. The van der Waals surface area contributed by atoms with Crippen LogP contribution in [0.5, 0.6) is 5.75 Å². The molecule has 1 aromatic heterocycles. The molecule has 8 heteroatoms. The second-order valence-corrected chi connectivity index (χ2v) is 8.51. The SMILES string of the molecule is COc1c2n(cc(C(=O)NCc3ccc(F)cc3F)c1=O)C[C@@H]1CCCC[C@]1(C)C2=O. The number of amides is 1. The van der Waals surface area contributed by atoms with Crippen LogP contribution >= 0.6 is 0 Å². The molecule has 1 saturated carbocycles. The fraction of sp³-hybridized carbons (Fsp3) is 0.435. The van der Waals surface area contributed by atoms with Gasteiger partial charge in [0.1, 0.15) is 22.9 Å². The molecule has 1 aliphatic heterocycles. The number of benzene rings is 1. The lowest BCUT2D eigenvalue weighted by Crippen LogP contribution is -2.47. The van der Waals surface area contributed by atoms with Gasteiger partial charge in [0.05, 0.1) is 7.11 Å². The van der Waals surface area contributed by atoms with E-state index in [1.807, 2.05) is 6.92 Å². The molecule has 0 radical (unpaired) electrons. The third kappa shape index (κ3) is 3.54. The number of ketones is 1. The summed E-state index contributed by atoms with van der Waals surface area (Å²) in [4.78, 5) is 39.1. The Balaban J connectivity index is 1.68. The molecule has 0 bridgehead atoms. The number of ether oxygens (including phenoxy) is 1. The summed E-state index contributed by atoms with van der Waals surface area (Å²) < 4.78 is 33.9. The van der Waals surface area contributed by atoms with E-state index in [0.29, 0.717) is 6.54 Å². The largest absolute Gasteiger partial charge is 0.491 e. The average Bonchev–Trinajstić information content (AvgIpc) is 2.74. The molecule has 4 rings (SSSR count). The second kappa shape index (κ2) is 7.90. The number of hydrogen-bond acceptors (Lipinski definition) is 4. The third-order valence-corrected chi connectivity index (χ3v) is 6.69. The Kier molecular flexibility index (Phi) is 5.41. The van der Waals surface area contributed by atoms with Crippen molar-refractivity contribution in [2.24, 2.45) is 11.3 Å². The van der Waals surface area contributed by atoms with E-state index in [4.69, 9.17) is 4.74 Å². The van der Waals surface area contributed by atoms with Gasteiger partial charge in [0.15, 0.2) is 11.5 Å². The van der Waals surface area contributed by atoms with E-state index in [1.54, 1.807) is 4.57 Å². The van der Waals surface area contributed by atoms with Crippen LogP contribution in [0.25, 0.3) is 0 Å². The van der Waals surface area contributed by atoms with Gasteiger partial charge in [-0.15, -0.1) is 0 Å². The summed E-state index contributed by atoms with van der Waals surface area (Å²) in [5.74, 6) is -2.37. The highest BCUT2D eigenvalue weighted by Gasteiger charge is 2.48. The zero-order valence-corrected chi connectivity index (χ0v) is 17.5. The van der Waals surface area contributed by atoms with Crippen molar-refractivity contribution in [2.75, 3.05) is 7.11 Å². The smallest absolute Gasteiger partial charge is 0.257 e.